The Bertz CT molecular complexity index is 1070. The molecule has 3 aromatic rings. The van der Waals surface area contributed by atoms with E-state index in [1.807, 2.05) is 37.3 Å². The van der Waals surface area contributed by atoms with Gasteiger partial charge in [-0.2, -0.15) is 4.98 Å². The van der Waals surface area contributed by atoms with Crippen molar-refractivity contribution >= 4 is 29.0 Å². The molecule has 0 saturated carbocycles. The van der Waals surface area contributed by atoms with Crippen LogP contribution in [0.3, 0.4) is 0 Å². The maximum atomic E-state index is 12.2. The van der Waals surface area contributed by atoms with Crippen LogP contribution in [0, 0.1) is 0 Å². The van der Waals surface area contributed by atoms with Gasteiger partial charge in [-0.15, -0.1) is 5.10 Å². The Kier molecular flexibility index (Phi) is 5.19. The summed E-state index contributed by atoms with van der Waals surface area (Å²) in [5.74, 6) is 1.57. The van der Waals surface area contributed by atoms with Gasteiger partial charge < -0.3 is 15.1 Å². The summed E-state index contributed by atoms with van der Waals surface area (Å²) in [5, 5.41) is 8.07. The minimum absolute atomic E-state index is 0.0593. The first kappa shape index (κ1) is 19.7. The Morgan fingerprint density at radius 1 is 1.06 bits per heavy atom. The zero-order valence-electron chi connectivity index (χ0n) is 18.0. The van der Waals surface area contributed by atoms with Crippen molar-refractivity contribution in [2.24, 2.45) is 0 Å². The Morgan fingerprint density at radius 3 is 2.61 bits per heavy atom. The third-order valence-electron chi connectivity index (χ3n) is 6.19. The maximum absolute atomic E-state index is 12.2. The highest BCUT2D eigenvalue weighted by atomic mass is 16.2. The third kappa shape index (κ3) is 3.93. The molecule has 2 aliphatic rings. The lowest BCUT2D eigenvalue weighted by Crippen LogP contribution is -2.48. The van der Waals surface area contributed by atoms with Crippen LogP contribution in [0.1, 0.15) is 30.9 Å². The molecule has 2 aromatic heterocycles. The Hall–Kier alpha value is -3.20. The second-order valence-electron chi connectivity index (χ2n) is 8.47. The SMILES string of the molecule is CN1CC(=O)N(C)C(c2ccc(Nc3nc(N4CCCCC4)nn4ccnc34)cc2)C1. The van der Waals surface area contributed by atoms with E-state index < -0.39 is 0 Å². The van der Waals surface area contributed by atoms with Crippen molar-refractivity contribution in [3.63, 3.8) is 0 Å². The van der Waals surface area contributed by atoms with E-state index in [2.05, 4.69) is 37.3 Å². The van der Waals surface area contributed by atoms with E-state index in [0.717, 1.165) is 36.8 Å². The predicted molar refractivity (Wildman–Crippen MR) is 120 cm³/mol. The van der Waals surface area contributed by atoms with Gasteiger partial charge in [0.05, 0.1) is 12.6 Å². The lowest BCUT2D eigenvalue weighted by molar-refractivity contribution is -0.137. The first-order chi connectivity index (χ1) is 15.1. The van der Waals surface area contributed by atoms with E-state index >= 15 is 0 Å². The minimum Gasteiger partial charge on any atom is -0.340 e. The smallest absolute Gasteiger partial charge is 0.245 e. The average Bonchev–Trinajstić information content (AvgIpc) is 3.27. The van der Waals surface area contributed by atoms with Crippen LogP contribution in [0.5, 0.6) is 0 Å². The number of hydrogen-bond acceptors (Lipinski definition) is 7. The van der Waals surface area contributed by atoms with Crippen LogP contribution in [0.2, 0.25) is 0 Å². The van der Waals surface area contributed by atoms with Gasteiger partial charge in [0.25, 0.3) is 0 Å². The molecule has 2 saturated heterocycles. The topological polar surface area (TPSA) is 81.9 Å². The van der Waals surface area contributed by atoms with Gasteiger partial charge in [0.1, 0.15) is 0 Å². The molecule has 0 aliphatic carbocycles. The fraction of sp³-hybridized carbons (Fsp3) is 0.455. The van der Waals surface area contributed by atoms with Crippen LogP contribution in [0.15, 0.2) is 36.7 Å². The van der Waals surface area contributed by atoms with Gasteiger partial charge in [-0.25, -0.2) is 9.50 Å². The van der Waals surface area contributed by atoms with Gasteiger partial charge in [-0.05, 0) is 44.0 Å². The maximum Gasteiger partial charge on any atom is 0.245 e. The van der Waals surface area contributed by atoms with Crippen LogP contribution in [-0.4, -0.2) is 75.6 Å². The first-order valence-corrected chi connectivity index (χ1v) is 10.9. The number of piperazine rings is 1. The van der Waals surface area contributed by atoms with Crippen molar-refractivity contribution in [1.82, 2.24) is 29.4 Å². The van der Waals surface area contributed by atoms with Crippen molar-refractivity contribution in [2.45, 2.75) is 25.3 Å². The fourth-order valence-electron chi connectivity index (χ4n) is 4.38. The molecule has 1 N–H and O–H groups in total. The number of rotatable bonds is 4. The molecule has 5 rings (SSSR count). The van der Waals surface area contributed by atoms with Crippen LogP contribution in [-0.2, 0) is 4.79 Å². The number of carbonyl (C=O) groups excluding carboxylic acids is 1. The highest BCUT2D eigenvalue weighted by Gasteiger charge is 2.29. The van der Waals surface area contributed by atoms with Crippen molar-refractivity contribution in [3.8, 4) is 0 Å². The summed E-state index contributed by atoms with van der Waals surface area (Å²) in [7, 11) is 3.86. The van der Waals surface area contributed by atoms with Crippen LogP contribution in [0.25, 0.3) is 5.65 Å². The summed E-state index contributed by atoms with van der Waals surface area (Å²) < 4.78 is 1.78. The van der Waals surface area contributed by atoms with E-state index in [1.54, 1.807) is 10.7 Å². The molecular weight excluding hydrogens is 392 g/mol. The van der Waals surface area contributed by atoms with Gasteiger partial charge in [-0.1, -0.05) is 12.1 Å². The number of likely N-dealkylation sites (N-methyl/N-ethyl adjacent to an activating group) is 2. The number of piperidine rings is 1. The number of hydrogen-bond donors (Lipinski definition) is 1. The molecule has 0 bridgehead atoms. The van der Waals surface area contributed by atoms with Gasteiger partial charge in [-0.3, -0.25) is 9.69 Å². The number of anilines is 3. The van der Waals surface area contributed by atoms with Crippen molar-refractivity contribution < 1.29 is 4.79 Å². The summed E-state index contributed by atoms with van der Waals surface area (Å²) in [6.07, 6.45) is 7.19. The molecule has 162 valence electrons. The van der Waals surface area contributed by atoms with E-state index in [-0.39, 0.29) is 11.9 Å². The van der Waals surface area contributed by atoms with E-state index in [4.69, 9.17) is 4.98 Å². The monoisotopic (exact) mass is 420 g/mol. The van der Waals surface area contributed by atoms with Crippen molar-refractivity contribution in [2.75, 3.05) is 50.5 Å². The number of amides is 1. The Balaban J connectivity index is 1.39. The zero-order chi connectivity index (χ0) is 21.4. The molecule has 4 heterocycles. The fourth-order valence-corrected chi connectivity index (χ4v) is 4.38. The number of aromatic nitrogens is 4. The highest BCUT2D eigenvalue weighted by molar-refractivity contribution is 5.79. The van der Waals surface area contributed by atoms with Crippen LogP contribution >= 0.6 is 0 Å². The summed E-state index contributed by atoms with van der Waals surface area (Å²) in [5.41, 5.74) is 2.75. The average molecular weight is 421 g/mol. The lowest BCUT2D eigenvalue weighted by atomic mass is 10.0. The molecule has 1 unspecified atom stereocenters. The molecule has 9 heteroatoms. The third-order valence-corrected chi connectivity index (χ3v) is 6.19. The molecule has 31 heavy (non-hydrogen) atoms. The molecule has 2 fully saturated rings. The van der Waals surface area contributed by atoms with Gasteiger partial charge in [0.2, 0.25) is 11.9 Å². The number of imidazole rings is 1. The molecule has 2 aliphatic heterocycles. The Morgan fingerprint density at radius 2 is 1.84 bits per heavy atom. The number of nitrogens with one attached hydrogen (secondary N) is 1. The highest BCUT2D eigenvalue weighted by Crippen LogP contribution is 2.27. The molecule has 0 spiro atoms. The number of carbonyl (C=O) groups is 1. The molecular formula is C22H28N8O. The molecule has 1 amide bonds. The predicted octanol–water partition coefficient (Wildman–Crippen LogP) is 2.30. The van der Waals surface area contributed by atoms with Crippen LogP contribution < -0.4 is 10.2 Å². The Labute approximate surface area is 181 Å². The zero-order valence-corrected chi connectivity index (χ0v) is 18.0. The van der Waals surface area contributed by atoms with E-state index in [9.17, 15) is 4.79 Å². The second kappa shape index (κ2) is 8.14. The molecule has 0 radical (unpaired) electrons. The summed E-state index contributed by atoms with van der Waals surface area (Å²) >= 11 is 0. The minimum atomic E-state index is 0.0593. The normalized spacial score (nSPS) is 20.5. The van der Waals surface area contributed by atoms with Gasteiger partial charge in [0, 0.05) is 44.8 Å². The quantitative estimate of drug-likeness (QED) is 0.694. The van der Waals surface area contributed by atoms with Crippen LogP contribution in [0.4, 0.5) is 17.5 Å². The standard InChI is InChI=1S/C22H28N8O/c1-27-14-18(28(2)19(31)15-27)16-6-8-17(9-7-16)24-20-21-23-10-13-30(21)26-22(25-20)29-11-4-3-5-12-29/h6-10,13,18H,3-5,11-12,14-15H2,1-2H3,(H,24,25,26). The van der Waals surface area contributed by atoms with Gasteiger partial charge in [0.15, 0.2) is 11.5 Å². The first-order valence-electron chi connectivity index (χ1n) is 10.9. The summed E-state index contributed by atoms with van der Waals surface area (Å²) in [6.45, 7) is 3.27. The summed E-state index contributed by atoms with van der Waals surface area (Å²) in [6, 6.07) is 8.27. The molecule has 1 atom stereocenters. The molecule has 9 nitrogen and oxygen atoms in total. The van der Waals surface area contributed by atoms with Crippen molar-refractivity contribution in [1.29, 1.82) is 0 Å². The number of nitrogens with zero attached hydrogens (tertiary/aromatic N) is 7. The number of fused-ring (bicyclic) bond motifs is 1. The second-order valence-corrected chi connectivity index (χ2v) is 8.47. The van der Waals surface area contributed by atoms with Gasteiger partial charge >= 0.3 is 0 Å². The molecule has 1 aromatic carbocycles. The largest absolute Gasteiger partial charge is 0.340 e. The summed E-state index contributed by atoms with van der Waals surface area (Å²) in [4.78, 5) is 27.6. The lowest BCUT2D eigenvalue weighted by Gasteiger charge is -2.37. The number of benzene rings is 1. The van der Waals surface area contributed by atoms with E-state index in [1.165, 1.54) is 19.3 Å². The van der Waals surface area contributed by atoms with E-state index in [0.29, 0.717) is 18.0 Å². The van der Waals surface area contributed by atoms with Crippen molar-refractivity contribution in [3.05, 3.63) is 42.2 Å².